The molecule has 152 valence electrons. The molecule has 30 heavy (non-hydrogen) atoms. The van der Waals surface area contributed by atoms with Crippen LogP contribution in [-0.4, -0.2) is 27.4 Å². The highest BCUT2D eigenvalue weighted by molar-refractivity contribution is 6.42. The molecule has 6 heteroatoms. The maximum absolute atomic E-state index is 13.0. The van der Waals surface area contributed by atoms with Crippen LogP contribution in [0.4, 0.5) is 0 Å². The molecule has 4 rings (SSSR count). The Hall–Kier alpha value is -2.82. The number of amides is 1. The first-order valence-corrected chi connectivity index (χ1v) is 10.4. The van der Waals surface area contributed by atoms with Gasteiger partial charge in [-0.25, -0.2) is 4.98 Å². The fourth-order valence-corrected chi connectivity index (χ4v) is 3.79. The minimum Gasteiger partial charge on any atom is -0.340 e. The Kier molecular flexibility index (Phi) is 6.07. The Labute approximate surface area is 185 Å². The predicted molar refractivity (Wildman–Crippen MR) is 122 cm³/mol. The van der Waals surface area contributed by atoms with Gasteiger partial charge in [0, 0.05) is 20.0 Å². The number of hydrogen-bond donors (Lipinski definition) is 0. The second kappa shape index (κ2) is 8.90. The van der Waals surface area contributed by atoms with E-state index in [1.54, 1.807) is 11.0 Å². The summed E-state index contributed by atoms with van der Waals surface area (Å²) in [7, 11) is 1.83. The van der Waals surface area contributed by atoms with Crippen molar-refractivity contribution in [3.8, 4) is 0 Å². The number of rotatable bonds is 6. The first kappa shape index (κ1) is 20.5. The fraction of sp³-hybridized carbons (Fsp3) is 0.167. The molecule has 0 spiro atoms. The van der Waals surface area contributed by atoms with Crippen LogP contribution in [0.1, 0.15) is 17.0 Å². The molecule has 0 saturated carbocycles. The number of benzene rings is 3. The molecule has 0 radical (unpaired) electrons. The number of para-hydroxylation sites is 2. The smallest absolute Gasteiger partial charge is 0.242 e. The lowest BCUT2D eigenvalue weighted by Gasteiger charge is -2.19. The molecule has 1 aromatic heterocycles. The van der Waals surface area contributed by atoms with Crippen LogP contribution in [-0.2, 0) is 24.3 Å². The molecule has 0 unspecified atom stereocenters. The number of carbonyl (C=O) groups excluding carboxylic acids is 1. The summed E-state index contributed by atoms with van der Waals surface area (Å²) >= 11 is 12.2. The third kappa shape index (κ3) is 4.50. The van der Waals surface area contributed by atoms with Crippen molar-refractivity contribution in [3.05, 3.63) is 99.8 Å². The zero-order valence-electron chi connectivity index (χ0n) is 16.6. The standard InChI is InChI=1S/C24H21Cl2N3O/c1-28(15-17-7-3-2-4-8-17)24(30)16-29-22-10-6-5-9-21(22)27-23(29)14-18-11-12-19(25)20(26)13-18/h2-13H,14-16H2,1H3. The first-order valence-electron chi connectivity index (χ1n) is 9.67. The molecule has 0 fully saturated rings. The average Bonchev–Trinajstić information content (AvgIpc) is 3.08. The molecule has 1 amide bonds. The minimum atomic E-state index is 0.0254. The quantitative estimate of drug-likeness (QED) is 0.394. The fourth-order valence-electron chi connectivity index (χ4n) is 3.47. The highest BCUT2D eigenvalue weighted by Gasteiger charge is 2.17. The molecule has 4 nitrogen and oxygen atoms in total. The molecule has 0 aliphatic rings. The number of aromatic nitrogens is 2. The monoisotopic (exact) mass is 437 g/mol. The second-order valence-corrected chi connectivity index (χ2v) is 8.08. The van der Waals surface area contributed by atoms with Gasteiger partial charge >= 0.3 is 0 Å². The van der Waals surface area contributed by atoms with Gasteiger partial charge in [0.15, 0.2) is 0 Å². The number of carbonyl (C=O) groups is 1. The van der Waals surface area contributed by atoms with Crippen LogP contribution in [0.2, 0.25) is 10.0 Å². The van der Waals surface area contributed by atoms with Crippen LogP contribution in [0.3, 0.4) is 0 Å². The van der Waals surface area contributed by atoms with E-state index in [2.05, 4.69) is 0 Å². The van der Waals surface area contributed by atoms with E-state index in [1.165, 1.54) is 0 Å². The Morgan fingerprint density at radius 2 is 1.67 bits per heavy atom. The molecule has 0 aliphatic carbocycles. The van der Waals surface area contributed by atoms with Crippen molar-refractivity contribution in [2.24, 2.45) is 0 Å². The highest BCUT2D eigenvalue weighted by Crippen LogP contribution is 2.25. The van der Waals surface area contributed by atoms with Gasteiger partial charge in [-0.3, -0.25) is 4.79 Å². The van der Waals surface area contributed by atoms with Gasteiger partial charge in [0.1, 0.15) is 12.4 Å². The lowest BCUT2D eigenvalue weighted by atomic mass is 10.1. The largest absolute Gasteiger partial charge is 0.340 e. The minimum absolute atomic E-state index is 0.0254. The lowest BCUT2D eigenvalue weighted by molar-refractivity contribution is -0.131. The SMILES string of the molecule is CN(Cc1ccccc1)C(=O)Cn1c(Cc2ccc(Cl)c(Cl)c2)nc2ccccc21. The molecule has 0 bridgehead atoms. The van der Waals surface area contributed by atoms with Gasteiger partial charge in [-0.1, -0.05) is 71.7 Å². The number of imidazole rings is 1. The summed E-state index contributed by atoms with van der Waals surface area (Å²) in [6, 6.07) is 23.4. The Balaban J connectivity index is 1.61. The van der Waals surface area contributed by atoms with Gasteiger partial charge in [-0.2, -0.15) is 0 Å². The van der Waals surface area contributed by atoms with Crippen molar-refractivity contribution in [1.82, 2.24) is 14.5 Å². The summed E-state index contributed by atoms with van der Waals surface area (Å²) in [4.78, 5) is 19.5. The summed E-state index contributed by atoms with van der Waals surface area (Å²) in [5, 5.41) is 1.03. The van der Waals surface area contributed by atoms with E-state index in [0.717, 1.165) is 28.0 Å². The lowest BCUT2D eigenvalue weighted by Crippen LogP contribution is -2.30. The van der Waals surface area contributed by atoms with Gasteiger partial charge in [-0.05, 0) is 35.4 Å². The molecular weight excluding hydrogens is 417 g/mol. The van der Waals surface area contributed by atoms with Gasteiger partial charge in [0.25, 0.3) is 0 Å². The molecule has 0 aliphatic heterocycles. The summed E-state index contributed by atoms with van der Waals surface area (Å²) in [5.74, 6) is 0.841. The number of likely N-dealkylation sites (N-methyl/N-ethyl adjacent to an activating group) is 1. The zero-order valence-corrected chi connectivity index (χ0v) is 18.1. The van der Waals surface area contributed by atoms with Crippen LogP contribution >= 0.6 is 23.2 Å². The van der Waals surface area contributed by atoms with E-state index in [4.69, 9.17) is 28.2 Å². The summed E-state index contributed by atoms with van der Waals surface area (Å²) in [5.41, 5.74) is 3.89. The predicted octanol–water partition coefficient (Wildman–Crippen LogP) is 5.59. The van der Waals surface area contributed by atoms with E-state index in [0.29, 0.717) is 23.0 Å². The Bertz CT molecular complexity index is 1190. The third-order valence-electron chi connectivity index (χ3n) is 5.06. The summed E-state index contributed by atoms with van der Waals surface area (Å²) in [6.45, 7) is 0.787. The van der Waals surface area contributed by atoms with E-state index in [1.807, 2.05) is 78.3 Å². The maximum Gasteiger partial charge on any atom is 0.242 e. The molecule has 3 aromatic carbocycles. The zero-order chi connectivity index (χ0) is 21.1. The normalized spacial score (nSPS) is 11.0. The Morgan fingerprint density at radius 1 is 0.933 bits per heavy atom. The molecule has 0 N–H and O–H groups in total. The van der Waals surface area contributed by atoms with Crippen molar-refractivity contribution in [3.63, 3.8) is 0 Å². The first-order chi connectivity index (χ1) is 14.5. The molecule has 0 atom stereocenters. The van der Waals surface area contributed by atoms with Crippen LogP contribution in [0.5, 0.6) is 0 Å². The number of fused-ring (bicyclic) bond motifs is 1. The molecule has 4 aromatic rings. The molecular formula is C24H21Cl2N3O. The van der Waals surface area contributed by atoms with Crippen LogP contribution in [0.25, 0.3) is 11.0 Å². The van der Waals surface area contributed by atoms with E-state index >= 15 is 0 Å². The topological polar surface area (TPSA) is 38.1 Å². The Morgan fingerprint density at radius 3 is 2.43 bits per heavy atom. The van der Waals surface area contributed by atoms with Crippen molar-refractivity contribution < 1.29 is 4.79 Å². The van der Waals surface area contributed by atoms with Crippen molar-refractivity contribution in [2.45, 2.75) is 19.5 Å². The molecule has 0 saturated heterocycles. The van der Waals surface area contributed by atoms with Gasteiger partial charge < -0.3 is 9.47 Å². The second-order valence-electron chi connectivity index (χ2n) is 7.26. The van der Waals surface area contributed by atoms with E-state index < -0.39 is 0 Å². The molecule has 1 heterocycles. The summed E-state index contributed by atoms with van der Waals surface area (Å²) < 4.78 is 1.99. The van der Waals surface area contributed by atoms with E-state index in [-0.39, 0.29) is 12.5 Å². The third-order valence-corrected chi connectivity index (χ3v) is 5.80. The van der Waals surface area contributed by atoms with Gasteiger partial charge in [0.05, 0.1) is 21.1 Å². The summed E-state index contributed by atoms with van der Waals surface area (Å²) in [6.07, 6.45) is 0.557. The van der Waals surface area contributed by atoms with Crippen LogP contribution < -0.4 is 0 Å². The van der Waals surface area contributed by atoms with Crippen molar-refractivity contribution >= 4 is 40.1 Å². The van der Waals surface area contributed by atoms with Crippen molar-refractivity contribution in [1.29, 1.82) is 0 Å². The highest BCUT2D eigenvalue weighted by atomic mass is 35.5. The van der Waals surface area contributed by atoms with Crippen LogP contribution in [0.15, 0.2) is 72.8 Å². The van der Waals surface area contributed by atoms with Gasteiger partial charge in [-0.15, -0.1) is 0 Å². The van der Waals surface area contributed by atoms with E-state index in [9.17, 15) is 4.79 Å². The number of halogens is 2. The van der Waals surface area contributed by atoms with Crippen LogP contribution in [0, 0.1) is 0 Å². The average molecular weight is 438 g/mol. The van der Waals surface area contributed by atoms with Gasteiger partial charge in [0.2, 0.25) is 5.91 Å². The van der Waals surface area contributed by atoms with Crippen molar-refractivity contribution in [2.75, 3.05) is 7.05 Å². The number of nitrogens with zero attached hydrogens (tertiary/aromatic N) is 3. The number of hydrogen-bond acceptors (Lipinski definition) is 2. The maximum atomic E-state index is 13.0.